The van der Waals surface area contributed by atoms with Gasteiger partial charge in [-0.05, 0) is 17.7 Å². The summed E-state index contributed by atoms with van der Waals surface area (Å²) >= 11 is 0. The van der Waals surface area contributed by atoms with Crippen molar-refractivity contribution >= 4 is 17.5 Å². The summed E-state index contributed by atoms with van der Waals surface area (Å²) in [5, 5.41) is 5.38. The van der Waals surface area contributed by atoms with Crippen molar-refractivity contribution in [1.29, 1.82) is 0 Å². The molecule has 0 fully saturated rings. The summed E-state index contributed by atoms with van der Waals surface area (Å²) in [5.74, 6) is -0.896. The normalized spacial score (nSPS) is 10.6. The maximum atomic E-state index is 12.8. The van der Waals surface area contributed by atoms with E-state index < -0.39 is 0 Å². The number of carbonyl (C=O) groups is 2. The Morgan fingerprint density at radius 3 is 2.44 bits per heavy atom. The molecule has 0 atom stereocenters. The Morgan fingerprint density at radius 2 is 1.68 bits per heavy atom. The largest absolute Gasteiger partial charge is 0.354 e. The highest BCUT2D eigenvalue weighted by molar-refractivity contribution is 5.97. The lowest BCUT2D eigenvalue weighted by molar-refractivity contribution is -0.120. The molecule has 0 bridgehead atoms. The molecule has 0 aliphatic rings. The van der Waals surface area contributed by atoms with Crippen LogP contribution in [0.3, 0.4) is 0 Å². The lowest BCUT2D eigenvalue weighted by Crippen LogP contribution is -2.35. The van der Waals surface area contributed by atoms with Crippen LogP contribution in [-0.4, -0.2) is 39.3 Å². The summed E-state index contributed by atoms with van der Waals surface area (Å²) in [6.45, 7) is 0.542. The number of carbonyl (C=O) groups excluding carboxylic acids is 2. The molecule has 1 aromatic carbocycles. The molecule has 3 aromatic rings. The predicted octanol–water partition coefficient (Wildman–Crippen LogP) is 0.957. The van der Waals surface area contributed by atoms with Gasteiger partial charge >= 0.3 is 0 Å². The third-order valence-corrected chi connectivity index (χ3v) is 3.54. The molecule has 0 saturated heterocycles. The van der Waals surface area contributed by atoms with E-state index in [1.165, 1.54) is 18.3 Å². The zero-order valence-corrected chi connectivity index (χ0v) is 13.3. The Labute approximate surface area is 142 Å². The van der Waals surface area contributed by atoms with Crippen LogP contribution in [0.1, 0.15) is 16.1 Å². The molecule has 2 aromatic heterocycles. The minimum Gasteiger partial charge on any atom is -0.354 e. The Hall–Kier alpha value is -3.29. The Bertz CT molecular complexity index is 891. The van der Waals surface area contributed by atoms with Crippen molar-refractivity contribution in [2.24, 2.45) is 0 Å². The molecule has 0 aliphatic carbocycles. The van der Waals surface area contributed by atoms with E-state index in [0.29, 0.717) is 5.65 Å². The Kier molecular flexibility index (Phi) is 4.98. The van der Waals surface area contributed by atoms with E-state index in [1.54, 1.807) is 35.1 Å². The second kappa shape index (κ2) is 7.52. The van der Waals surface area contributed by atoms with Gasteiger partial charge < -0.3 is 15.0 Å². The average molecular weight is 341 g/mol. The van der Waals surface area contributed by atoms with Gasteiger partial charge in [0.1, 0.15) is 5.82 Å². The molecular weight excluding hydrogens is 325 g/mol. The Balaban J connectivity index is 1.45. The van der Waals surface area contributed by atoms with E-state index in [4.69, 9.17) is 0 Å². The molecule has 2 heterocycles. The van der Waals surface area contributed by atoms with Crippen LogP contribution in [0.25, 0.3) is 5.65 Å². The average Bonchev–Trinajstić information content (AvgIpc) is 3.09. The summed E-state index contributed by atoms with van der Waals surface area (Å²) in [5.41, 5.74) is 1.42. The first-order valence-electron chi connectivity index (χ1n) is 7.70. The van der Waals surface area contributed by atoms with Crippen LogP contribution in [0.4, 0.5) is 4.39 Å². The van der Waals surface area contributed by atoms with Crippen LogP contribution in [0.15, 0.2) is 49.1 Å². The molecule has 0 radical (unpaired) electrons. The first-order chi connectivity index (χ1) is 12.1. The first kappa shape index (κ1) is 16.6. The van der Waals surface area contributed by atoms with Gasteiger partial charge in [0.2, 0.25) is 5.91 Å². The molecule has 0 aliphatic heterocycles. The van der Waals surface area contributed by atoms with Crippen LogP contribution < -0.4 is 10.6 Å². The summed E-state index contributed by atoms with van der Waals surface area (Å²) in [7, 11) is 0. The van der Waals surface area contributed by atoms with E-state index in [1.807, 2.05) is 0 Å². The van der Waals surface area contributed by atoms with Crippen molar-refractivity contribution in [2.45, 2.75) is 6.42 Å². The summed E-state index contributed by atoms with van der Waals surface area (Å²) in [4.78, 5) is 32.1. The summed E-state index contributed by atoms with van der Waals surface area (Å²) < 4.78 is 14.5. The molecular formula is C17H16FN5O2. The number of hydrogen-bond donors (Lipinski definition) is 2. The molecule has 2 amide bonds. The fourth-order valence-electron chi connectivity index (χ4n) is 2.33. The zero-order chi connectivity index (χ0) is 17.6. The van der Waals surface area contributed by atoms with Crippen LogP contribution in [0.5, 0.6) is 0 Å². The fraction of sp³-hybridized carbons (Fsp3) is 0.176. The number of halogens is 1. The Morgan fingerprint density at radius 1 is 1.00 bits per heavy atom. The molecule has 25 heavy (non-hydrogen) atoms. The number of fused-ring (bicyclic) bond motifs is 1. The summed E-state index contributed by atoms with van der Waals surface area (Å²) in [6.07, 6.45) is 6.69. The second-order valence-corrected chi connectivity index (χ2v) is 5.34. The van der Waals surface area contributed by atoms with E-state index in [2.05, 4.69) is 20.6 Å². The number of amides is 2. The number of nitrogens with zero attached hydrogens (tertiary/aromatic N) is 3. The maximum absolute atomic E-state index is 12.8. The van der Waals surface area contributed by atoms with Crippen LogP contribution >= 0.6 is 0 Å². The van der Waals surface area contributed by atoms with Gasteiger partial charge in [-0.3, -0.25) is 9.59 Å². The monoisotopic (exact) mass is 341 g/mol. The molecule has 0 spiro atoms. The van der Waals surface area contributed by atoms with Gasteiger partial charge in [0.05, 0.1) is 6.42 Å². The van der Waals surface area contributed by atoms with Crippen molar-refractivity contribution in [3.63, 3.8) is 0 Å². The third-order valence-electron chi connectivity index (χ3n) is 3.54. The molecule has 2 N–H and O–H groups in total. The quantitative estimate of drug-likeness (QED) is 0.654. The number of nitrogens with one attached hydrogen (secondary N) is 2. The van der Waals surface area contributed by atoms with E-state index >= 15 is 0 Å². The number of benzene rings is 1. The molecule has 8 heteroatoms. The van der Waals surface area contributed by atoms with Crippen LogP contribution in [0, 0.1) is 5.82 Å². The molecule has 128 valence electrons. The number of rotatable bonds is 6. The molecule has 7 nitrogen and oxygen atoms in total. The van der Waals surface area contributed by atoms with Crippen molar-refractivity contribution in [3.8, 4) is 0 Å². The molecule has 0 unspecified atom stereocenters. The topological polar surface area (TPSA) is 88.4 Å². The van der Waals surface area contributed by atoms with Gasteiger partial charge in [-0.1, -0.05) is 12.1 Å². The van der Waals surface area contributed by atoms with Gasteiger partial charge in [-0.15, -0.1) is 0 Å². The lowest BCUT2D eigenvalue weighted by Gasteiger charge is -2.07. The van der Waals surface area contributed by atoms with Crippen LogP contribution in [-0.2, 0) is 11.2 Å². The summed E-state index contributed by atoms with van der Waals surface area (Å²) in [6, 6.07) is 5.75. The predicted molar refractivity (Wildman–Crippen MR) is 88.4 cm³/mol. The van der Waals surface area contributed by atoms with Gasteiger partial charge in [-0.2, -0.15) is 0 Å². The minimum atomic E-state index is -0.357. The molecule has 0 saturated carbocycles. The van der Waals surface area contributed by atoms with Crippen LogP contribution in [0.2, 0.25) is 0 Å². The van der Waals surface area contributed by atoms with Crippen molar-refractivity contribution < 1.29 is 14.0 Å². The van der Waals surface area contributed by atoms with E-state index in [-0.39, 0.29) is 42.8 Å². The fourth-order valence-corrected chi connectivity index (χ4v) is 2.33. The van der Waals surface area contributed by atoms with Crippen molar-refractivity contribution in [3.05, 3.63) is 66.1 Å². The van der Waals surface area contributed by atoms with Gasteiger partial charge in [0.15, 0.2) is 11.3 Å². The van der Waals surface area contributed by atoms with Gasteiger partial charge in [0.25, 0.3) is 5.91 Å². The van der Waals surface area contributed by atoms with Gasteiger partial charge in [0, 0.05) is 37.9 Å². The number of imidazole rings is 1. The number of aromatic nitrogens is 3. The van der Waals surface area contributed by atoms with E-state index in [9.17, 15) is 14.0 Å². The molecule has 3 rings (SSSR count). The highest BCUT2D eigenvalue weighted by atomic mass is 19.1. The van der Waals surface area contributed by atoms with Gasteiger partial charge in [-0.25, -0.2) is 14.4 Å². The maximum Gasteiger partial charge on any atom is 0.273 e. The lowest BCUT2D eigenvalue weighted by atomic mass is 10.1. The second-order valence-electron chi connectivity index (χ2n) is 5.34. The highest BCUT2D eigenvalue weighted by Gasteiger charge is 2.12. The smallest absolute Gasteiger partial charge is 0.273 e. The number of hydrogen-bond acceptors (Lipinski definition) is 4. The highest BCUT2D eigenvalue weighted by Crippen LogP contribution is 2.05. The first-order valence-corrected chi connectivity index (χ1v) is 7.70. The SMILES string of the molecule is O=C(Cc1ccc(F)cc1)NCCNC(=O)c1nccn2ccnc12. The zero-order valence-electron chi connectivity index (χ0n) is 13.3. The third kappa shape index (κ3) is 4.17. The standard InChI is InChI=1S/C17H16FN5O2/c18-13-3-1-12(2-4-13)11-14(24)19-5-6-22-17(25)15-16-21-8-10-23(16)9-7-20-15/h1-4,7-10H,5-6,11H2,(H,19,24)(H,22,25). The van der Waals surface area contributed by atoms with Crippen molar-refractivity contribution in [1.82, 2.24) is 25.0 Å². The van der Waals surface area contributed by atoms with Crippen molar-refractivity contribution in [2.75, 3.05) is 13.1 Å². The van der Waals surface area contributed by atoms with E-state index in [0.717, 1.165) is 5.56 Å². The minimum absolute atomic E-state index is 0.156.